The minimum absolute atomic E-state index is 0.131. The maximum absolute atomic E-state index is 13.0. The summed E-state index contributed by atoms with van der Waals surface area (Å²) in [4.78, 5) is 13.5. The third-order valence-corrected chi connectivity index (χ3v) is 2.62. The smallest absolute Gasteiger partial charge is 0.138 e. The maximum Gasteiger partial charge on any atom is 0.138 e. The third-order valence-electron chi connectivity index (χ3n) is 2.16. The lowest BCUT2D eigenvalue weighted by Gasteiger charge is -2.08. The fraction of sp³-hybridized carbons (Fsp3) is 0.417. The number of carbonyl (C=O) groups excluding carboxylic acids is 1. The van der Waals surface area contributed by atoms with Crippen LogP contribution in [0.3, 0.4) is 0 Å². The van der Waals surface area contributed by atoms with Crippen molar-refractivity contribution in [1.82, 2.24) is 4.90 Å². The van der Waals surface area contributed by atoms with Gasteiger partial charge in [0.2, 0.25) is 0 Å². The summed E-state index contributed by atoms with van der Waals surface area (Å²) in [6, 6.07) is 4.56. The van der Waals surface area contributed by atoms with Crippen molar-refractivity contribution in [3.63, 3.8) is 0 Å². The Kier molecular flexibility index (Phi) is 5.09. The minimum atomic E-state index is -0.315. The molecule has 0 unspecified atom stereocenters. The van der Waals surface area contributed by atoms with E-state index in [9.17, 15) is 9.18 Å². The second-order valence-electron chi connectivity index (χ2n) is 4.05. The lowest BCUT2D eigenvalue weighted by atomic mass is 10.1. The van der Waals surface area contributed by atoms with Gasteiger partial charge in [0.05, 0.1) is 0 Å². The molecule has 16 heavy (non-hydrogen) atoms. The van der Waals surface area contributed by atoms with Crippen molar-refractivity contribution in [1.29, 1.82) is 0 Å². The Bertz CT molecular complexity index is 359. The number of Topliss-reactive ketones (excluding diaryl/α,β-unsaturated/α-hetero) is 1. The second-order valence-corrected chi connectivity index (χ2v) is 4.96. The molecule has 1 aromatic rings. The lowest BCUT2D eigenvalue weighted by Crippen LogP contribution is -2.17. The molecule has 0 aliphatic carbocycles. The highest BCUT2D eigenvalue weighted by atomic mass is 79.9. The van der Waals surface area contributed by atoms with Crippen LogP contribution in [-0.4, -0.2) is 31.3 Å². The molecule has 0 spiro atoms. The van der Waals surface area contributed by atoms with Crippen molar-refractivity contribution in [2.75, 3.05) is 20.6 Å². The first-order chi connectivity index (χ1) is 7.47. The summed E-state index contributed by atoms with van der Waals surface area (Å²) in [5.41, 5.74) is 0.718. The summed E-state index contributed by atoms with van der Waals surface area (Å²) in [5.74, 6) is -0.184. The van der Waals surface area contributed by atoms with Gasteiger partial charge in [-0.2, -0.15) is 0 Å². The first-order valence-electron chi connectivity index (χ1n) is 5.09. The van der Waals surface area contributed by atoms with Crippen molar-refractivity contribution in [2.24, 2.45) is 0 Å². The van der Waals surface area contributed by atoms with Gasteiger partial charge in [-0.1, -0.05) is 15.9 Å². The first kappa shape index (κ1) is 13.3. The largest absolute Gasteiger partial charge is 0.309 e. The first-order valence-corrected chi connectivity index (χ1v) is 5.88. The fourth-order valence-corrected chi connectivity index (χ4v) is 1.89. The quantitative estimate of drug-likeness (QED) is 0.830. The monoisotopic (exact) mass is 287 g/mol. The molecule has 4 heteroatoms. The van der Waals surface area contributed by atoms with Crippen molar-refractivity contribution in [3.8, 4) is 0 Å². The van der Waals surface area contributed by atoms with E-state index >= 15 is 0 Å². The van der Waals surface area contributed by atoms with Gasteiger partial charge in [-0.05, 0) is 37.9 Å². The molecule has 1 rings (SSSR count). The molecule has 0 fully saturated rings. The van der Waals surface area contributed by atoms with E-state index in [0.29, 0.717) is 17.3 Å². The van der Waals surface area contributed by atoms with E-state index in [0.717, 1.165) is 12.1 Å². The minimum Gasteiger partial charge on any atom is -0.309 e. The van der Waals surface area contributed by atoms with Crippen molar-refractivity contribution in [2.45, 2.75) is 12.8 Å². The number of ketones is 1. The molecular formula is C12H15BrFNO. The molecule has 0 bridgehead atoms. The predicted octanol–water partition coefficient (Wildman–Crippen LogP) is 2.65. The summed E-state index contributed by atoms with van der Waals surface area (Å²) in [7, 11) is 3.85. The Balaban J connectivity index is 2.56. The molecular weight excluding hydrogens is 273 g/mol. The van der Waals surface area contributed by atoms with Gasteiger partial charge in [-0.15, -0.1) is 0 Å². The van der Waals surface area contributed by atoms with Crippen LogP contribution in [0.4, 0.5) is 4.39 Å². The Labute approximate surface area is 104 Å². The van der Waals surface area contributed by atoms with Gasteiger partial charge in [0.25, 0.3) is 0 Å². The Hall–Kier alpha value is -0.740. The van der Waals surface area contributed by atoms with E-state index < -0.39 is 0 Å². The molecule has 0 amide bonds. The summed E-state index contributed by atoms with van der Waals surface area (Å²) in [5, 5.41) is 0. The van der Waals surface area contributed by atoms with E-state index in [1.807, 2.05) is 19.0 Å². The SMILES string of the molecule is CN(C)CCC(=O)Cc1cc(F)cc(Br)c1. The van der Waals surface area contributed by atoms with E-state index in [4.69, 9.17) is 0 Å². The van der Waals surface area contributed by atoms with Gasteiger partial charge >= 0.3 is 0 Å². The summed E-state index contributed by atoms with van der Waals surface area (Å²) < 4.78 is 13.7. The van der Waals surface area contributed by atoms with Crippen LogP contribution in [0.15, 0.2) is 22.7 Å². The average Bonchev–Trinajstić information content (AvgIpc) is 2.12. The van der Waals surface area contributed by atoms with Crippen LogP contribution >= 0.6 is 15.9 Å². The third kappa shape index (κ3) is 4.86. The second kappa shape index (κ2) is 6.11. The van der Waals surface area contributed by atoms with Gasteiger partial charge in [-0.3, -0.25) is 4.79 Å². The zero-order chi connectivity index (χ0) is 12.1. The topological polar surface area (TPSA) is 20.3 Å². The highest BCUT2D eigenvalue weighted by Gasteiger charge is 2.06. The molecule has 0 radical (unpaired) electrons. The summed E-state index contributed by atoms with van der Waals surface area (Å²) in [6.07, 6.45) is 0.797. The van der Waals surface area contributed by atoms with E-state index in [1.165, 1.54) is 12.1 Å². The molecule has 0 heterocycles. The molecule has 0 atom stereocenters. The van der Waals surface area contributed by atoms with Gasteiger partial charge < -0.3 is 4.90 Å². The molecule has 2 nitrogen and oxygen atoms in total. The standard InChI is InChI=1S/C12H15BrFNO/c1-15(2)4-3-12(16)7-9-5-10(13)8-11(14)6-9/h5-6,8H,3-4,7H2,1-2H3. The van der Waals surface area contributed by atoms with Crippen LogP contribution < -0.4 is 0 Å². The summed E-state index contributed by atoms with van der Waals surface area (Å²) in [6.45, 7) is 0.731. The Morgan fingerprint density at radius 1 is 1.38 bits per heavy atom. The molecule has 0 aliphatic heterocycles. The molecule has 0 aliphatic rings. The van der Waals surface area contributed by atoms with E-state index in [-0.39, 0.29) is 11.6 Å². The van der Waals surface area contributed by atoms with Crippen molar-refractivity contribution >= 4 is 21.7 Å². The molecule has 88 valence electrons. The molecule has 0 saturated heterocycles. The lowest BCUT2D eigenvalue weighted by molar-refractivity contribution is -0.118. The van der Waals surface area contributed by atoms with Gasteiger partial charge in [0.15, 0.2) is 0 Å². The maximum atomic E-state index is 13.0. The number of benzene rings is 1. The van der Waals surface area contributed by atoms with Crippen LogP contribution in [0.1, 0.15) is 12.0 Å². The number of carbonyl (C=O) groups is 1. The van der Waals surface area contributed by atoms with E-state index in [2.05, 4.69) is 15.9 Å². The van der Waals surface area contributed by atoms with Crippen LogP contribution in [0.5, 0.6) is 0 Å². The molecule has 0 saturated carbocycles. The van der Waals surface area contributed by atoms with E-state index in [1.54, 1.807) is 6.07 Å². The molecule has 0 N–H and O–H groups in total. The van der Waals surface area contributed by atoms with Crippen LogP contribution in [0.25, 0.3) is 0 Å². The number of rotatable bonds is 5. The van der Waals surface area contributed by atoms with Crippen LogP contribution in [0, 0.1) is 5.82 Å². The summed E-state index contributed by atoms with van der Waals surface area (Å²) >= 11 is 3.21. The Morgan fingerprint density at radius 2 is 2.06 bits per heavy atom. The van der Waals surface area contributed by atoms with Gasteiger partial charge in [-0.25, -0.2) is 4.39 Å². The Morgan fingerprint density at radius 3 is 2.62 bits per heavy atom. The van der Waals surface area contributed by atoms with Crippen molar-refractivity contribution in [3.05, 3.63) is 34.1 Å². The van der Waals surface area contributed by atoms with Crippen LogP contribution in [-0.2, 0) is 11.2 Å². The molecule has 1 aromatic carbocycles. The predicted molar refractivity (Wildman–Crippen MR) is 66.0 cm³/mol. The molecule has 0 aromatic heterocycles. The zero-order valence-electron chi connectivity index (χ0n) is 9.46. The fourth-order valence-electron chi connectivity index (χ4n) is 1.38. The van der Waals surface area contributed by atoms with Gasteiger partial charge in [0.1, 0.15) is 11.6 Å². The number of hydrogen-bond donors (Lipinski definition) is 0. The van der Waals surface area contributed by atoms with Crippen LogP contribution in [0.2, 0.25) is 0 Å². The number of halogens is 2. The zero-order valence-corrected chi connectivity index (χ0v) is 11.1. The highest BCUT2D eigenvalue weighted by molar-refractivity contribution is 9.10. The normalized spacial score (nSPS) is 10.8. The van der Waals surface area contributed by atoms with Gasteiger partial charge in [0, 0.05) is 23.9 Å². The number of hydrogen-bond acceptors (Lipinski definition) is 2. The average molecular weight is 288 g/mol. The number of nitrogens with zero attached hydrogens (tertiary/aromatic N) is 1. The van der Waals surface area contributed by atoms with Crippen molar-refractivity contribution < 1.29 is 9.18 Å². The highest BCUT2D eigenvalue weighted by Crippen LogP contribution is 2.15.